The first kappa shape index (κ1) is 12.6. The van der Waals surface area contributed by atoms with Crippen molar-refractivity contribution in [2.45, 2.75) is 6.92 Å². The van der Waals surface area contributed by atoms with Crippen LogP contribution in [0.4, 0.5) is 10.5 Å². The largest absolute Gasteiger partial charge is 0.346 e. The maximum atomic E-state index is 12.1. The number of hydrogen-bond acceptors (Lipinski definition) is 3. The number of aryl methyl sites for hydroxylation is 1. The molecule has 4 nitrogen and oxygen atoms in total. The van der Waals surface area contributed by atoms with Crippen molar-refractivity contribution >= 4 is 23.1 Å². The number of amides is 1. The van der Waals surface area contributed by atoms with E-state index >= 15 is 0 Å². The van der Waals surface area contributed by atoms with Crippen molar-refractivity contribution in [3.8, 4) is 10.6 Å². The highest BCUT2D eigenvalue weighted by Crippen LogP contribution is 2.25. The smallest absolute Gasteiger partial charge is 0.306 e. The van der Waals surface area contributed by atoms with Gasteiger partial charge in [-0.1, -0.05) is 24.3 Å². The summed E-state index contributed by atoms with van der Waals surface area (Å²) in [5.41, 5.74) is 2.59. The molecule has 5 heteroatoms. The molecule has 0 unspecified atom stereocenters. The second kappa shape index (κ2) is 5.30. The molecule has 0 bridgehead atoms. The summed E-state index contributed by atoms with van der Waals surface area (Å²) in [7, 11) is 0. The molecule has 0 saturated carbocycles. The van der Waals surface area contributed by atoms with E-state index in [1.165, 1.54) is 4.68 Å². The molecule has 0 aliphatic heterocycles. The quantitative estimate of drug-likeness (QED) is 0.772. The Morgan fingerprint density at radius 3 is 2.70 bits per heavy atom. The molecule has 0 spiro atoms. The Kier molecular flexibility index (Phi) is 3.35. The zero-order chi connectivity index (χ0) is 13.9. The molecule has 0 atom stereocenters. The van der Waals surface area contributed by atoms with E-state index in [-0.39, 0.29) is 6.03 Å². The standard InChI is InChI=1S/C15H13N3OS/c1-11-10-18(17-14(11)13-8-5-9-20-13)15(19)16-12-6-3-2-4-7-12/h2-10H,1H3,(H,16,19). The van der Waals surface area contributed by atoms with Gasteiger partial charge in [0.1, 0.15) is 5.69 Å². The number of para-hydroxylation sites is 1. The van der Waals surface area contributed by atoms with Gasteiger partial charge in [-0.05, 0) is 36.1 Å². The molecule has 3 aromatic rings. The van der Waals surface area contributed by atoms with E-state index in [1.54, 1.807) is 17.5 Å². The monoisotopic (exact) mass is 283 g/mol. The number of carbonyl (C=O) groups excluding carboxylic acids is 1. The first-order valence-electron chi connectivity index (χ1n) is 6.20. The van der Waals surface area contributed by atoms with E-state index in [0.29, 0.717) is 0 Å². The summed E-state index contributed by atoms with van der Waals surface area (Å²) in [4.78, 5) is 13.2. The lowest BCUT2D eigenvalue weighted by Crippen LogP contribution is -2.19. The van der Waals surface area contributed by atoms with Crippen molar-refractivity contribution in [2.24, 2.45) is 0 Å². The Hall–Kier alpha value is -2.40. The molecule has 0 aliphatic rings. The average Bonchev–Trinajstić information content (AvgIpc) is 3.08. The summed E-state index contributed by atoms with van der Waals surface area (Å²) >= 11 is 1.61. The molecular formula is C15H13N3OS. The molecule has 2 heterocycles. The van der Waals surface area contributed by atoms with Gasteiger partial charge in [0, 0.05) is 11.9 Å². The van der Waals surface area contributed by atoms with Crippen LogP contribution in [0.15, 0.2) is 54.0 Å². The number of aromatic nitrogens is 2. The Morgan fingerprint density at radius 1 is 1.20 bits per heavy atom. The third-order valence-electron chi connectivity index (χ3n) is 2.88. The lowest BCUT2D eigenvalue weighted by Gasteiger charge is -2.03. The minimum Gasteiger partial charge on any atom is -0.306 e. The third kappa shape index (κ3) is 2.48. The molecule has 20 heavy (non-hydrogen) atoms. The molecule has 1 N–H and O–H groups in total. The van der Waals surface area contributed by atoms with E-state index < -0.39 is 0 Å². The normalized spacial score (nSPS) is 10.4. The van der Waals surface area contributed by atoms with Crippen LogP contribution in [0.3, 0.4) is 0 Å². The molecule has 100 valence electrons. The molecule has 3 rings (SSSR count). The van der Waals surface area contributed by atoms with Gasteiger partial charge < -0.3 is 5.32 Å². The summed E-state index contributed by atoms with van der Waals surface area (Å²) in [6.07, 6.45) is 1.74. The van der Waals surface area contributed by atoms with Crippen LogP contribution in [-0.2, 0) is 0 Å². The van der Waals surface area contributed by atoms with Gasteiger partial charge in [-0.15, -0.1) is 11.3 Å². The molecule has 2 aromatic heterocycles. The predicted octanol–water partition coefficient (Wildman–Crippen LogP) is 4.00. The Labute approximate surface area is 120 Å². The van der Waals surface area contributed by atoms with Crippen molar-refractivity contribution in [3.05, 3.63) is 59.6 Å². The van der Waals surface area contributed by atoms with Crippen LogP contribution in [-0.4, -0.2) is 15.8 Å². The van der Waals surface area contributed by atoms with Crippen LogP contribution < -0.4 is 5.32 Å². The number of nitrogens with one attached hydrogen (secondary N) is 1. The van der Waals surface area contributed by atoms with Gasteiger partial charge in [-0.3, -0.25) is 0 Å². The van der Waals surface area contributed by atoms with E-state index in [9.17, 15) is 4.79 Å². The van der Waals surface area contributed by atoms with Crippen LogP contribution in [0.1, 0.15) is 5.56 Å². The molecule has 0 aliphatic carbocycles. The predicted molar refractivity (Wildman–Crippen MR) is 81.1 cm³/mol. The number of carbonyl (C=O) groups is 1. The Balaban J connectivity index is 1.84. The Morgan fingerprint density at radius 2 is 2.00 bits per heavy atom. The highest BCUT2D eigenvalue weighted by atomic mass is 32.1. The zero-order valence-corrected chi connectivity index (χ0v) is 11.7. The third-order valence-corrected chi connectivity index (χ3v) is 3.76. The molecule has 1 aromatic carbocycles. The van der Waals surface area contributed by atoms with Gasteiger partial charge in [-0.25, -0.2) is 4.79 Å². The molecule has 1 amide bonds. The van der Waals surface area contributed by atoms with Gasteiger partial charge in [0.25, 0.3) is 0 Å². The van der Waals surface area contributed by atoms with Gasteiger partial charge in [0.15, 0.2) is 0 Å². The van der Waals surface area contributed by atoms with Crippen molar-refractivity contribution in [2.75, 3.05) is 5.32 Å². The molecule has 0 saturated heterocycles. The summed E-state index contributed by atoms with van der Waals surface area (Å²) in [5.74, 6) is 0. The highest BCUT2D eigenvalue weighted by molar-refractivity contribution is 7.13. The molecule has 0 fully saturated rings. The van der Waals surface area contributed by atoms with Crippen molar-refractivity contribution in [1.82, 2.24) is 9.78 Å². The minimum atomic E-state index is -0.262. The van der Waals surface area contributed by atoms with Crippen LogP contribution in [0.5, 0.6) is 0 Å². The SMILES string of the molecule is Cc1cn(C(=O)Nc2ccccc2)nc1-c1cccs1. The van der Waals surface area contributed by atoms with Crippen LogP contribution in [0.25, 0.3) is 10.6 Å². The number of rotatable bonds is 2. The van der Waals surface area contributed by atoms with Crippen LogP contribution in [0, 0.1) is 6.92 Å². The van der Waals surface area contributed by atoms with Crippen LogP contribution in [0.2, 0.25) is 0 Å². The lowest BCUT2D eigenvalue weighted by molar-refractivity contribution is 0.251. The van der Waals surface area contributed by atoms with Gasteiger partial charge in [0.2, 0.25) is 0 Å². The van der Waals surface area contributed by atoms with E-state index in [2.05, 4.69) is 10.4 Å². The first-order chi connectivity index (χ1) is 9.74. The maximum absolute atomic E-state index is 12.1. The minimum absolute atomic E-state index is 0.262. The zero-order valence-electron chi connectivity index (χ0n) is 10.9. The number of thiophene rings is 1. The number of nitrogens with zero attached hydrogens (tertiary/aromatic N) is 2. The van der Waals surface area contributed by atoms with Crippen LogP contribution >= 0.6 is 11.3 Å². The Bertz CT molecular complexity index is 717. The second-order valence-corrected chi connectivity index (χ2v) is 5.33. The fourth-order valence-electron chi connectivity index (χ4n) is 1.92. The molecular weight excluding hydrogens is 270 g/mol. The summed E-state index contributed by atoms with van der Waals surface area (Å²) in [6, 6.07) is 13.1. The van der Waals surface area contributed by atoms with E-state index in [4.69, 9.17) is 0 Å². The number of hydrogen-bond donors (Lipinski definition) is 1. The average molecular weight is 283 g/mol. The van der Waals surface area contributed by atoms with E-state index in [1.807, 2.05) is 54.8 Å². The van der Waals surface area contributed by atoms with Gasteiger partial charge >= 0.3 is 6.03 Å². The van der Waals surface area contributed by atoms with E-state index in [0.717, 1.165) is 21.8 Å². The van der Waals surface area contributed by atoms with Gasteiger partial charge in [0.05, 0.1) is 4.88 Å². The maximum Gasteiger partial charge on any atom is 0.346 e. The van der Waals surface area contributed by atoms with Crippen molar-refractivity contribution in [3.63, 3.8) is 0 Å². The van der Waals surface area contributed by atoms with Crippen molar-refractivity contribution < 1.29 is 4.79 Å². The van der Waals surface area contributed by atoms with Crippen molar-refractivity contribution in [1.29, 1.82) is 0 Å². The highest BCUT2D eigenvalue weighted by Gasteiger charge is 2.12. The summed E-state index contributed by atoms with van der Waals surface area (Å²) in [5, 5.41) is 9.17. The number of anilines is 1. The number of benzene rings is 1. The topological polar surface area (TPSA) is 46.9 Å². The fourth-order valence-corrected chi connectivity index (χ4v) is 2.70. The van der Waals surface area contributed by atoms with Gasteiger partial charge in [-0.2, -0.15) is 9.78 Å². The fraction of sp³-hybridized carbons (Fsp3) is 0.0667. The lowest BCUT2D eigenvalue weighted by atomic mass is 10.2. The summed E-state index contributed by atoms with van der Waals surface area (Å²) < 4.78 is 1.34. The summed E-state index contributed by atoms with van der Waals surface area (Å²) in [6.45, 7) is 1.95. The second-order valence-electron chi connectivity index (χ2n) is 4.38. The molecule has 0 radical (unpaired) electrons. The first-order valence-corrected chi connectivity index (χ1v) is 7.08.